The third kappa shape index (κ3) is 7.44. The lowest BCUT2D eigenvalue weighted by Crippen LogP contribution is -2.15. The molecule has 22 heavy (non-hydrogen) atoms. The van der Waals surface area contributed by atoms with E-state index in [9.17, 15) is 9.59 Å². The summed E-state index contributed by atoms with van der Waals surface area (Å²) in [7, 11) is 0. The molecule has 0 saturated heterocycles. The number of rotatable bonds is 8. The second-order valence-electron chi connectivity index (χ2n) is 4.85. The molecule has 0 amide bonds. The van der Waals surface area contributed by atoms with Gasteiger partial charge in [0.15, 0.2) is 0 Å². The van der Waals surface area contributed by atoms with Gasteiger partial charge in [0.2, 0.25) is 0 Å². The van der Waals surface area contributed by atoms with E-state index in [1.165, 1.54) is 18.9 Å². The van der Waals surface area contributed by atoms with E-state index >= 15 is 0 Å². The highest BCUT2D eigenvalue weighted by Crippen LogP contribution is 2.07. The molecule has 1 rings (SSSR count). The minimum Gasteiger partial charge on any atom is -0.454 e. The summed E-state index contributed by atoms with van der Waals surface area (Å²) < 4.78 is 5.38. The zero-order valence-corrected chi connectivity index (χ0v) is 13.0. The van der Waals surface area contributed by atoms with Gasteiger partial charge in [-0.05, 0) is 30.7 Å². The number of carbonyl (C=O) groups is 2. The van der Waals surface area contributed by atoms with E-state index in [0.717, 1.165) is 12.8 Å². The molecule has 0 aliphatic carbocycles. The molecule has 0 N–H and O–H groups in total. The first kappa shape index (κ1) is 17.7. The largest absolute Gasteiger partial charge is 0.454 e. The lowest BCUT2D eigenvalue weighted by molar-refractivity contribution is -0.104. The van der Waals surface area contributed by atoms with Crippen molar-refractivity contribution in [1.29, 1.82) is 0 Å². The van der Waals surface area contributed by atoms with Crippen LogP contribution in [-0.4, -0.2) is 18.4 Å². The molecule has 116 valence electrons. The third-order valence-electron chi connectivity index (χ3n) is 3.01. The molecule has 0 bridgehead atoms. The number of hydrogen-bond acceptors (Lipinski definition) is 3. The summed E-state index contributed by atoms with van der Waals surface area (Å²) >= 11 is 0. The van der Waals surface area contributed by atoms with E-state index in [1.54, 1.807) is 30.3 Å². The number of unbranched alkanes of at least 4 members (excludes halogenated alkanes) is 3. The van der Waals surface area contributed by atoms with E-state index in [2.05, 4.69) is 18.8 Å². The van der Waals surface area contributed by atoms with E-state index in [4.69, 9.17) is 4.74 Å². The Morgan fingerprint density at radius 1 is 1.23 bits per heavy atom. The van der Waals surface area contributed by atoms with Crippen LogP contribution in [-0.2, 0) is 9.53 Å². The lowest BCUT2D eigenvalue weighted by Gasteiger charge is -2.11. The molecule has 3 nitrogen and oxygen atoms in total. The number of esters is 1. The van der Waals surface area contributed by atoms with Crippen molar-refractivity contribution in [2.24, 2.45) is 0 Å². The van der Waals surface area contributed by atoms with Gasteiger partial charge in [-0.3, -0.25) is 4.79 Å². The van der Waals surface area contributed by atoms with Crippen molar-refractivity contribution in [1.82, 2.24) is 0 Å². The van der Waals surface area contributed by atoms with Crippen LogP contribution in [0.4, 0.5) is 0 Å². The molecule has 0 heterocycles. The van der Waals surface area contributed by atoms with Gasteiger partial charge in [0.1, 0.15) is 12.4 Å². The van der Waals surface area contributed by atoms with Crippen LogP contribution in [0.5, 0.6) is 0 Å². The number of ether oxygens (including phenoxy) is 1. The van der Waals surface area contributed by atoms with Gasteiger partial charge in [-0.15, -0.1) is 5.92 Å². The maximum atomic E-state index is 12.0. The van der Waals surface area contributed by atoms with E-state index in [0.29, 0.717) is 18.3 Å². The molecular weight excluding hydrogens is 276 g/mol. The normalized spacial score (nSPS) is 11.5. The zero-order valence-electron chi connectivity index (χ0n) is 13.0. The summed E-state index contributed by atoms with van der Waals surface area (Å²) in [5.74, 6) is 5.68. The Bertz CT molecular complexity index is 535. The molecule has 0 aliphatic heterocycles. The van der Waals surface area contributed by atoms with Crippen molar-refractivity contribution < 1.29 is 14.3 Å². The van der Waals surface area contributed by atoms with Gasteiger partial charge >= 0.3 is 5.97 Å². The first-order valence-corrected chi connectivity index (χ1v) is 7.61. The van der Waals surface area contributed by atoms with Crippen molar-refractivity contribution in [3.05, 3.63) is 48.0 Å². The van der Waals surface area contributed by atoms with Crippen LogP contribution in [0.25, 0.3) is 0 Å². The summed E-state index contributed by atoms with van der Waals surface area (Å²) in [6.07, 6.45) is 7.74. The second kappa shape index (κ2) is 11.3. The maximum absolute atomic E-state index is 12.0. The predicted octanol–water partition coefficient (Wildman–Crippen LogP) is 3.94. The van der Waals surface area contributed by atoms with E-state index in [1.807, 2.05) is 6.07 Å². The summed E-state index contributed by atoms with van der Waals surface area (Å²) in [4.78, 5) is 22.4. The number of benzene rings is 1. The molecule has 0 aliphatic rings. The van der Waals surface area contributed by atoms with Gasteiger partial charge in [-0.2, -0.15) is 0 Å². The summed E-state index contributed by atoms with van der Waals surface area (Å²) in [6, 6.07) is 8.78. The lowest BCUT2D eigenvalue weighted by atomic mass is 10.2. The van der Waals surface area contributed by atoms with Crippen LogP contribution in [0.1, 0.15) is 49.4 Å². The van der Waals surface area contributed by atoms with Crippen LogP contribution < -0.4 is 0 Å². The Morgan fingerprint density at radius 2 is 2.00 bits per heavy atom. The standard InChI is InChI=1S/C19H22O3/c1-2-3-4-5-6-10-14-18(15-11-16-20)22-19(21)17-12-8-7-9-13-17/h7-9,11-13,15-16,18H,2-5,14H2,1H3/b15-11+/t18-/m1/s1. The smallest absolute Gasteiger partial charge is 0.338 e. The van der Waals surface area contributed by atoms with Crippen molar-refractivity contribution in [3.63, 3.8) is 0 Å². The highest BCUT2D eigenvalue weighted by atomic mass is 16.5. The van der Waals surface area contributed by atoms with Gasteiger partial charge < -0.3 is 4.74 Å². The number of aldehydes is 1. The Hall–Kier alpha value is -2.34. The highest BCUT2D eigenvalue weighted by molar-refractivity contribution is 5.89. The van der Waals surface area contributed by atoms with Gasteiger partial charge in [0.05, 0.1) is 5.56 Å². The van der Waals surface area contributed by atoms with Crippen molar-refractivity contribution in [2.75, 3.05) is 0 Å². The monoisotopic (exact) mass is 298 g/mol. The van der Waals surface area contributed by atoms with Gasteiger partial charge in [0.25, 0.3) is 0 Å². The molecule has 1 atom stereocenters. The molecule has 0 saturated carbocycles. The number of carbonyl (C=O) groups excluding carboxylic acids is 2. The van der Waals surface area contributed by atoms with Gasteiger partial charge in [-0.25, -0.2) is 4.79 Å². The fraction of sp³-hybridized carbons (Fsp3) is 0.368. The van der Waals surface area contributed by atoms with E-state index in [-0.39, 0.29) is 0 Å². The summed E-state index contributed by atoms with van der Waals surface area (Å²) in [5, 5.41) is 0. The molecule has 3 heteroatoms. The average molecular weight is 298 g/mol. The van der Waals surface area contributed by atoms with Crippen molar-refractivity contribution >= 4 is 12.3 Å². The molecule has 1 aromatic rings. The number of hydrogen-bond donors (Lipinski definition) is 0. The second-order valence-corrected chi connectivity index (χ2v) is 4.85. The Morgan fingerprint density at radius 3 is 2.68 bits per heavy atom. The van der Waals surface area contributed by atoms with Crippen molar-refractivity contribution in [2.45, 2.75) is 45.1 Å². The summed E-state index contributed by atoms with van der Waals surface area (Å²) in [6.45, 7) is 2.15. The summed E-state index contributed by atoms with van der Waals surface area (Å²) in [5.41, 5.74) is 0.489. The van der Waals surface area contributed by atoms with Crippen LogP contribution in [0.15, 0.2) is 42.5 Å². The van der Waals surface area contributed by atoms with Crippen LogP contribution in [0, 0.1) is 11.8 Å². The molecule has 0 unspecified atom stereocenters. The molecule has 0 radical (unpaired) electrons. The highest BCUT2D eigenvalue weighted by Gasteiger charge is 2.12. The van der Waals surface area contributed by atoms with E-state index < -0.39 is 12.1 Å². The van der Waals surface area contributed by atoms with Crippen LogP contribution in [0.2, 0.25) is 0 Å². The van der Waals surface area contributed by atoms with Gasteiger partial charge in [-0.1, -0.05) is 43.9 Å². The third-order valence-corrected chi connectivity index (χ3v) is 3.01. The minimum atomic E-state index is -0.503. The molecule has 0 spiro atoms. The Kier molecular flexibility index (Phi) is 9.12. The Labute approximate surface area is 132 Å². The molecular formula is C19H22O3. The van der Waals surface area contributed by atoms with Gasteiger partial charge in [0, 0.05) is 12.8 Å². The fourth-order valence-electron chi connectivity index (χ4n) is 1.82. The first-order valence-electron chi connectivity index (χ1n) is 7.61. The predicted molar refractivity (Wildman–Crippen MR) is 87.4 cm³/mol. The zero-order chi connectivity index (χ0) is 16.0. The maximum Gasteiger partial charge on any atom is 0.338 e. The molecule has 1 aromatic carbocycles. The average Bonchev–Trinajstić information content (AvgIpc) is 2.56. The molecule has 0 aromatic heterocycles. The van der Waals surface area contributed by atoms with Crippen LogP contribution in [0.3, 0.4) is 0 Å². The quantitative estimate of drug-likeness (QED) is 0.240. The SMILES string of the molecule is CCCCCC#CC[C@H](/C=C/C=O)OC(=O)c1ccccc1. The fourth-order valence-corrected chi connectivity index (χ4v) is 1.82. The topological polar surface area (TPSA) is 43.4 Å². The van der Waals surface area contributed by atoms with Crippen molar-refractivity contribution in [3.8, 4) is 11.8 Å². The molecule has 0 fully saturated rings. The minimum absolute atomic E-state index is 0.398. The van der Waals surface area contributed by atoms with Crippen LogP contribution >= 0.6 is 0 Å². The first-order chi connectivity index (χ1) is 10.8. The number of allylic oxidation sites excluding steroid dienone is 1. The Balaban J connectivity index is 2.55.